The normalized spacial score (nSPS) is 26.2. The lowest BCUT2D eigenvalue weighted by Gasteiger charge is -2.36. The van der Waals surface area contributed by atoms with Gasteiger partial charge in [-0.05, 0) is 18.9 Å². The van der Waals surface area contributed by atoms with Crippen molar-refractivity contribution in [3.63, 3.8) is 0 Å². The van der Waals surface area contributed by atoms with Crippen molar-refractivity contribution in [1.82, 2.24) is 15.2 Å². The minimum atomic E-state index is -0.608. The molecule has 8 heteroatoms. The van der Waals surface area contributed by atoms with Gasteiger partial charge in [0.25, 0.3) is 0 Å². The van der Waals surface area contributed by atoms with Gasteiger partial charge in [-0.25, -0.2) is 4.39 Å². The zero-order chi connectivity index (χ0) is 21.5. The Balaban J connectivity index is 1.34. The molecule has 1 unspecified atom stereocenters. The number of carbonyl (C=O) groups excluding carboxylic acids is 3. The molecular formula is C23H26FN3O4. The Morgan fingerprint density at radius 1 is 1.19 bits per heavy atom. The van der Waals surface area contributed by atoms with Crippen LogP contribution in [0.25, 0.3) is 10.9 Å². The lowest BCUT2D eigenvalue weighted by molar-refractivity contribution is -0.144. The SMILES string of the molecule is O=C1COCC1NC(=O)[C@@H]1CCCC[C@H]1C(=O)N1CCc2[nH]c3c(F)cccc3c2C1. The van der Waals surface area contributed by atoms with Crippen LogP contribution in [0.15, 0.2) is 18.2 Å². The summed E-state index contributed by atoms with van der Waals surface area (Å²) in [5.74, 6) is -1.49. The van der Waals surface area contributed by atoms with E-state index in [1.165, 1.54) is 6.07 Å². The molecular weight excluding hydrogens is 401 g/mol. The van der Waals surface area contributed by atoms with Crippen molar-refractivity contribution >= 4 is 28.5 Å². The number of hydrogen-bond donors (Lipinski definition) is 2. The third-order valence-electron chi connectivity index (χ3n) is 6.93. The molecule has 5 rings (SSSR count). The number of rotatable bonds is 3. The van der Waals surface area contributed by atoms with Gasteiger partial charge < -0.3 is 19.9 Å². The van der Waals surface area contributed by atoms with Gasteiger partial charge in [0, 0.05) is 48.0 Å². The predicted molar refractivity (Wildman–Crippen MR) is 111 cm³/mol. The van der Waals surface area contributed by atoms with Crippen LogP contribution in [-0.2, 0) is 32.1 Å². The van der Waals surface area contributed by atoms with E-state index in [1.54, 1.807) is 11.0 Å². The quantitative estimate of drug-likeness (QED) is 0.785. The summed E-state index contributed by atoms with van der Waals surface area (Å²) in [5.41, 5.74) is 2.42. The van der Waals surface area contributed by atoms with Gasteiger partial charge in [0.2, 0.25) is 11.8 Å². The van der Waals surface area contributed by atoms with Crippen LogP contribution in [0.4, 0.5) is 4.39 Å². The number of Topliss-reactive ketones (excluding diaryl/α,β-unsaturated/α-hetero) is 1. The van der Waals surface area contributed by atoms with E-state index in [2.05, 4.69) is 10.3 Å². The van der Waals surface area contributed by atoms with Gasteiger partial charge in [-0.15, -0.1) is 0 Å². The molecule has 1 saturated carbocycles. The molecule has 1 aromatic heterocycles. The highest BCUT2D eigenvalue weighted by Crippen LogP contribution is 2.35. The number of amides is 2. The van der Waals surface area contributed by atoms with Crippen LogP contribution >= 0.6 is 0 Å². The number of aromatic amines is 1. The number of H-pyrrole nitrogens is 1. The highest BCUT2D eigenvalue weighted by atomic mass is 19.1. The van der Waals surface area contributed by atoms with Crippen molar-refractivity contribution < 1.29 is 23.5 Å². The molecule has 0 radical (unpaired) electrons. The van der Waals surface area contributed by atoms with Crippen molar-refractivity contribution in [1.29, 1.82) is 0 Å². The molecule has 7 nitrogen and oxygen atoms in total. The average molecular weight is 427 g/mol. The van der Waals surface area contributed by atoms with E-state index < -0.39 is 17.9 Å². The Hall–Kier alpha value is -2.74. The smallest absolute Gasteiger partial charge is 0.226 e. The number of ketones is 1. The third-order valence-corrected chi connectivity index (χ3v) is 6.93. The largest absolute Gasteiger partial charge is 0.371 e. The van der Waals surface area contributed by atoms with Crippen molar-refractivity contribution in [3.8, 4) is 0 Å². The first-order chi connectivity index (χ1) is 15.0. The third kappa shape index (κ3) is 3.63. The number of aromatic nitrogens is 1. The summed E-state index contributed by atoms with van der Waals surface area (Å²) in [4.78, 5) is 43.2. The van der Waals surface area contributed by atoms with Crippen LogP contribution in [0, 0.1) is 17.7 Å². The average Bonchev–Trinajstić information content (AvgIpc) is 3.37. The van der Waals surface area contributed by atoms with Crippen molar-refractivity contribution in [2.45, 2.75) is 44.7 Å². The summed E-state index contributed by atoms with van der Waals surface area (Å²) in [6.45, 7) is 1.18. The van der Waals surface area contributed by atoms with Gasteiger partial charge in [0.1, 0.15) is 18.5 Å². The fourth-order valence-electron chi connectivity index (χ4n) is 5.24. The Bertz CT molecular complexity index is 1050. The lowest BCUT2D eigenvalue weighted by atomic mass is 9.77. The molecule has 1 aromatic carbocycles. The standard InChI is InChI=1S/C23H26FN3O4/c24-17-7-3-6-13-16-10-27(9-8-18(16)25-21(13)17)23(30)15-5-2-1-4-14(15)22(29)26-19-11-31-12-20(19)28/h3,6-7,14-15,19,25H,1-2,4-5,8-12H2,(H,26,29)/t14-,15-,19?/m1/s1. The van der Waals surface area contributed by atoms with Crippen LogP contribution in [-0.4, -0.2) is 53.3 Å². The van der Waals surface area contributed by atoms with Gasteiger partial charge in [-0.3, -0.25) is 14.4 Å². The maximum absolute atomic E-state index is 14.2. The number of carbonyl (C=O) groups is 3. The molecule has 164 valence electrons. The predicted octanol–water partition coefficient (Wildman–Crippen LogP) is 2.08. The molecule has 1 aliphatic carbocycles. The number of ether oxygens (including phenoxy) is 1. The van der Waals surface area contributed by atoms with E-state index in [0.717, 1.165) is 29.5 Å². The molecule has 3 heterocycles. The molecule has 0 bridgehead atoms. The first-order valence-corrected chi connectivity index (χ1v) is 11.0. The second-order valence-electron chi connectivity index (χ2n) is 8.79. The number of nitrogens with zero attached hydrogens (tertiary/aromatic N) is 1. The highest BCUT2D eigenvalue weighted by molar-refractivity contribution is 5.94. The van der Waals surface area contributed by atoms with Crippen molar-refractivity contribution in [2.24, 2.45) is 11.8 Å². The van der Waals surface area contributed by atoms with Gasteiger partial charge in [-0.1, -0.05) is 25.0 Å². The van der Waals surface area contributed by atoms with Crippen LogP contribution in [0.5, 0.6) is 0 Å². The van der Waals surface area contributed by atoms with E-state index in [1.807, 2.05) is 6.07 Å². The van der Waals surface area contributed by atoms with Gasteiger partial charge in [0.15, 0.2) is 5.78 Å². The van der Waals surface area contributed by atoms with E-state index in [0.29, 0.717) is 37.9 Å². The minimum Gasteiger partial charge on any atom is -0.371 e. The zero-order valence-electron chi connectivity index (χ0n) is 17.3. The molecule has 2 aliphatic heterocycles. The number of benzene rings is 1. The lowest BCUT2D eigenvalue weighted by Crippen LogP contribution is -2.49. The maximum Gasteiger partial charge on any atom is 0.226 e. The number of para-hydroxylation sites is 1. The van der Waals surface area contributed by atoms with Crippen molar-refractivity contribution in [2.75, 3.05) is 19.8 Å². The van der Waals surface area contributed by atoms with E-state index in [-0.39, 0.29) is 36.6 Å². The van der Waals surface area contributed by atoms with Crippen LogP contribution in [0.1, 0.15) is 36.9 Å². The molecule has 3 aliphatic rings. The van der Waals surface area contributed by atoms with Gasteiger partial charge in [-0.2, -0.15) is 0 Å². The van der Waals surface area contributed by atoms with E-state index >= 15 is 0 Å². The second-order valence-corrected chi connectivity index (χ2v) is 8.79. The van der Waals surface area contributed by atoms with Crippen LogP contribution < -0.4 is 5.32 Å². The zero-order valence-corrected chi connectivity index (χ0v) is 17.3. The summed E-state index contributed by atoms with van der Waals surface area (Å²) >= 11 is 0. The summed E-state index contributed by atoms with van der Waals surface area (Å²) in [6, 6.07) is 4.38. The summed E-state index contributed by atoms with van der Waals surface area (Å²) < 4.78 is 19.3. The molecule has 2 amide bonds. The fourth-order valence-corrected chi connectivity index (χ4v) is 5.24. The fraction of sp³-hybridized carbons (Fsp3) is 0.522. The molecule has 2 N–H and O–H groups in total. The summed E-state index contributed by atoms with van der Waals surface area (Å²) in [7, 11) is 0. The number of fused-ring (bicyclic) bond motifs is 3. The topological polar surface area (TPSA) is 91.5 Å². The highest BCUT2D eigenvalue weighted by Gasteiger charge is 2.40. The van der Waals surface area contributed by atoms with E-state index in [4.69, 9.17) is 4.74 Å². The maximum atomic E-state index is 14.2. The van der Waals surface area contributed by atoms with Crippen LogP contribution in [0.2, 0.25) is 0 Å². The molecule has 2 aromatic rings. The minimum absolute atomic E-state index is 0.0229. The Morgan fingerprint density at radius 2 is 2.00 bits per heavy atom. The molecule has 2 fully saturated rings. The summed E-state index contributed by atoms with van der Waals surface area (Å²) in [6.07, 6.45) is 3.73. The molecule has 0 spiro atoms. The number of halogens is 1. The molecule has 3 atom stereocenters. The Morgan fingerprint density at radius 3 is 2.77 bits per heavy atom. The monoisotopic (exact) mass is 427 g/mol. The number of hydrogen-bond acceptors (Lipinski definition) is 4. The number of nitrogens with one attached hydrogen (secondary N) is 2. The first-order valence-electron chi connectivity index (χ1n) is 11.0. The summed E-state index contributed by atoms with van der Waals surface area (Å²) in [5, 5.41) is 3.61. The van der Waals surface area contributed by atoms with Crippen LogP contribution in [0.3, 0.4) is 0 Å². The first kappa shape index (κ1) is 20.2. The molecule has 31 heavy (non-hydrogen) atoms. The van der Waals surface area contributed by atoms with Gasteiger partial charge in [0.05, 0.1) is 12.1 Å². The van der Waals surface area contributed by atoms with Crippen molar-refractivity contribution in [3.05, 3.63) is 35.3 Å². The van der Waals surface area contributed by atoms with Gasteiger partial charge >= 0.3 is 0 Å². The Kier molecular flexibility index (Phi) is 5.25. The van der Waals surface area contributed by atoms with E-state index in [9.17, 15) is 18.8 Å². The molecule has 1 saturated heterocycles. The Labute approximate surface area is 179 Å². The second kappa shape index (κ2) is 8.07.